The Bertz CT molecular complexity index is 226. The number of nitrogens with one attached hydrogen (secondary N) is 1. The highest BCUT2D eigenvalue weighted by atomic mass is 16.2. The van der Waals surface area contributed by atoms with Crippen LogP contribution in [0.4, 0.5) is 0 Å². The minimum atomic E-state index is 0.108. The standard InChI is InChI=1S/C12H22N2O/c1-9-7-14(8-10(9)2)12(15)11-5-3-4-6-13-11/h9-11,13H,3-8H2,1-2H3. The largest absolute Gasteiger partial charge is 0.341 e. The Kier molecular flexibility index (Phi) is 3.29. The molecule has 1 amide bonds. The van der Waals surface area contributed by atoms with Crippen molar-refractivity contribution in [3.63, 3.8) is 0 Å². The molecule has 0 aromatic heterocycles. The second-order valence-electron chi connectivity index (χ2n) is 5.20. The zero-order chi connectivity index (χ0) is 10.8. The second kappa shape index (κ2) is 4.52. The summed E-state index contributed by atoms with van der Waals surface area (Å²) < 4.78 is 0. The Balaban J connectivity index is 1.90. The lowest BCUT2D eigenvalue weighted by atomic mass is 10.0. The summed E-state index contributed by atoms with van der Waals surface area (Å²) in [4.78, 5) is 14.2. The van der Waals surface area contributed by atoms with Gasteiger partial charge in [0.15, 0.2) is 0 Å². The van der Waals surface area contributed by atoms with E-state index in [0.717, 1.165) is 26.1 Å². The van der Waals surface area contributed by atoms with Gasteiger partial charge in [0, 0.05) is 13.1 Å². The molecule has 0 aliphatic carbocycles. The molecule has 0 bridgehead atoms. The molecule has 2 aliphatic heterocycles. The molecule has 2 heterocycles. The number of hydrogen-bond acceptors (Lipinski definition) is 2. The van der Waals surface area contributed by atoms with Crippen molar-refractivity contribution in [2.75, 3.05) is 19.6 Å². The van der Waals surface area contributed by atoms with Crippen LogP contribution >= 0.6 is 0 Å². The number of carbonyl (C=O) groups is 1. The number of nitrogens with zero attached hydrogens (tertiary/aromatic N) is 1. The van der Waals surface area contributed by atoms with Crippen molar-refractivity contribution >= 4 is 5.91 Å². The van der Waals surface area contributed by atoms with Crippen LogP contribution in [0, 0.1) is 11.8 Å². The van der Waals surface area contributed by atoms with E-state index in [1.807, 2.05) is 0 Å². The normalized spacial score (nSPS) is 36.9. The zero-order valence-corrected chi connectivity index (χ0v) is 9.83. The number of rotatable bonds is 1. The van der Waals surface area contributed by atoms with Gasteiger partial charge in [-0.1, -0.05) is 20.3 Å². The highest BCUT2D eigenvalue weighted by Crippen LogP contribution is 2.23. The van der Waals surface area contributed by atoms with Gasteiger partial charge in [-0.25, -0.2) is 0 Å². The quantitative estimate of drug-likeness (QED) is 0.706. The maximum atomic E-state index is 12.2. The van der Waals surface area contributed by atoms with Crippen LogP contribution in [0.5, 0.6) is 0 Å². The van der Waals surface area contributed by atoms with Crippen LogP contribution < -0.4 is 5.32 Å². The van der Waals surface area contributed by atoms with Crippen LogP contribution in [0.2, 0.25) is 0 Å². The smallest absolute Gasteiger partial charge is 0.239 e. The predicted octanol–water partition coefficient (Wildman–Crippen LogP) is 1.24. The van der Waals surface area contributed by atoms with E-state index >= 15 is 0 Å². The minimum absolute atomic E-state index is 0.108. The lowest BCUT2D eigenvalue weighted by Gasteiger charge is -2.27. The van der Waals surface area contributed by atoms with E-state index < -0.39 is 0 Å². The van der Waals surface area contributed by atoms with Crippen molar-refractivity contribution in [1.82, 2.24) is 10.2 Å². The van der Waals surface area contributed by atoms with Gasteiger partial charge in [-0.15, -0.1) is 0 Å². The number of carbonyl (C=O) groups excluding carboxylic acids is 1. The van der Waals surface area contributed by atoms with E-state index in [1.165, 1.54) is 12.8 Å². The molecule has 3 nitrogen and oxygen atoms in total. The fourth-order valence-corrected chi connectivity index (χ4v) is 2.59. The molecule has 2 rings (SSSR count). The molecule has 15 heavy (non-hydrogen) atoms. The Labute approximate surface area is 92.2 Å². The van der Waals surface area contributed by atoms with Gasteiger partial charge >= 0.3 is 0 Å². The van der Waals surface area contributed by atoms with Gasteiger partial charge in [-0.05, 0) is 31.2 Å². The maximum absolute atomic E-state index is 12.2. The lowest BCUT2D eigenvalue weighted by molar-refractivity contribution is -0.133. The summed E-state index contributed by atoms with van der Waals surface area (Å²) in [5.74, 6) is 1.67. The topological polar surface area (TPSA) is 32.3 Å². The molecule has 2 saturated heterocycles. The van der Waals surface area contributed by atoms with Crippen LogP contribution in [0.3, 0.4) is 0 Å². The highest BCUT2D eigenvalue weighted by Gasteiger charge is 2.33. The molecule has 3 heteroatoms. The van der Waals surface area contributed by atoms with Crippen LogP contribution in [0.1, 0.15) is 33.1 Å². The summed E-state index contributed by atoms with van der Waals surface area (Å²) in [6.07, 6.45) is 3.44. The first-order valence-corrected chi connectivity index (χ1v) is 6.20. The van der Waals surface area contributed by atoms with E-state index in [-0.39, 0.29) is 6.04 Å². The van der Waals surface area contributed by atoms with E-state index in [4.69, 9.17) is 0 Å². The molecular weight excluding hydrogens is 188 g/mol. The summed E-state index contributed by atoms with van der Waals surface area (Å²) >= 11 is 0. The summed E-state index contributed by atoms with van der Waals surface area (Å²) in [6.45, 7) is 7.41. The van der Waals surface area contributed by atoms with Gasteiger partial charge in [-0.2, -0.15) is 0 Å². The monoisotopic (exact) mass is 210 g/mol. The van der Waals surface area contributed by atoms with E-state index in [2.05, 4.69) is 24.1 Å². The average molecular weight is 210 g/mol. The predicted molar refractivity (Wildman–Crippen MR) is 60.5 cm³/mol. The second-order valence-corrected chi connectivity index (χ2v) is 5.20. The van der Waals surface area contributed by atoms with Crippen molar-refractivity contribution in [2.24, 2.45) is 11.8 Å². The maximum Gasteiger partial charge on any atom is 0.239 e. The van der Waals surface area contributed by atoms with Crippen LogP contribution in [-0.2, 0) is 4.79 Å². The van der Waals surface area contributed by atoms with Crippen molar-refractivity contribution < 1.29 is 4.79 Å². The molecule has 0 radical (unpaired) electrons. The van der Waals surface area contributed by atoms with Gasteiger partial charge in [-0.3, -0.25) is 4.79 Å². The third-order valence-corrected chi connectivity index (χ3v) is 3.91. The van der Waals surface area contributed by atoms with Crippen LogP contribution in [-0.4, -0.2) is 36.5 Å². The summed E-state index contributed by atoms with van der Waals surface area (Å²) in [5.41, 5.74) is 0. The molecule has 0 saturated carbocycles. The highest BCUT2D eigenvalue weighted by molar-refractivity contribution is 5.82. The summed E-state index contributed by atoms with van der Waals surface area (Å²) in [5, 5.41) is 3.33. The third kappa shape index (κ3) is 2.33. The molecule has 2 aliphatic rings. The van der Waals surface area contributed by atoms with Crippen molar-refractivity contribution in [3.8, 4) is 0 Å². The first-order valence-electron chi connectivity index (χ1n) is 6.20. The molecule has 1 N–H and O–H groups in total. The van der Waals surface area contributed by atoms with E-state index in [1.54, 1.807) is 0 Å². The lowest BCUT2D eigenvalue weighted by Crippen LogP contribution is -2.47. The van der Waals surface area contributed by atoms with E-state index in [0.29, 0.717) is 17.7 Å². The van der Waals surface area contributed by atoms with Crippen LogP contribution in [0.15, 0.2) is 0 Å². The number of piperidine rings is 1. The van der Waals surface area contributed by atoms with Crippen molar-refractivity contribution in [3.05, 3.63) is 0 Å². The van der Waals surface area contributed by atoms with Crippen molar-refractivity contribution in [1.29, 1.82) is 0 Å². The van der Waals surface area contributed by atoms with E-state index in [9.17, 15) is 4.79 Å². The molecule has 0 aromatic rings. The van der Waals surface area contributed by atoms with Gasteiger partial charge in [0.05, 0.1) is 6.04 Å². The summed E-state index contributed by atoms with van der Waals surface area (Å²) in [7, 11) is 0. The molecule has 0 spiro atoms. The first kappa shape index (κ1) is 10.9. The Morgan fingerprint density at radius 1 is 1.20 bits per heavy atom. The Hall–Kier alpha value is -0.570. The first-order chi connectivity index (χ1) is 7.18. The van der Waals surface area contributed by atoms with Gasteiger partial charge in [0.1, 0.15) is 0 Å². The fraction of sp³-hybridized carbons (Fsp3) is 0.917. The molecule has 2 fully saturated rings. The number of likely N-dealkylation sites (tertiary alicyclic amines) is 1. The summed E-state index contributed by atoms with van der Waals surface area (Å²) in [6, 6.07) is 0.108. The van der Waals surface area contributed by atoms with Crippen molar-refractivity contribution in [2.45, 2.75) is 39.2 Å². The Morgan fingerprint density at radius 3 is 2.40 bits per heavy atom. The molecule has 3 unspecified atom stereocenters. The number of hydrogen-bond donors (Lipinski definition) is 1. The van der Waals surface area contributed by atoms with Gasteiger partial charge in [0.25, 0.3) is 0 Å². The third-order valence-electron chi connectivity index (χ3n) is 3.91. The SMILES string of the molecule is CC1CN(C(=O)C2CCCCN2)CC1C. The average Bonchev–Trinajstić information content (AvgIpc) is 2.59. The molecule has 3 atom stereocenters. The molecular formula is C12H22N2O. The minimum Gasteiger partial charge on any atom is -0.341 e. The number of amides is 1. The van der Waals surface area contributed by atoms with Gasteiger partial charge in [0.2, 0.25) is 5.91 Å². The van der Waals surface area contributed by atoms with Crippen LogP contribution in [0.25, 0.3) is 0 Å². The fourth-order valence-electron chi connectivity index (χ4n) is 2.59. The van der Waals surface area contributed by atoms with Gasteiger partial charge < -0.3 is 10.2 Å². The molecule has 0 aromatic carbocycles. The zero-order valence-electron chi connectivity index (χ0n) is 9.83. The molecule has 86 valence electrons. The Morgan fingerprint density at radius 2 is 1.87 bits per heavy atom.